The number of benzene rings is 2. The first-order valence-electron chi connectivity index (χ1n) is 12.1. The number of carboxylic acids is 1. The van der Waals surface area contributed by atoms with Gasteiger partial charge in [-0.1, -0.05) is 11.6 Å². The van der Waals surface area contributed by atoms with Gasteiger partial charge in [0.05, 0.1) is 23.1 Å². The van der Waals surface area contributed by atoms with Gasteiger partial charge in [0.15, 0.2) is 11.6 Å². The molecule has 1 fully saturated rings. The van der Waals surface area contributed by atoms with Crippen molar-refractivity contribution in [3.63, 3.8) is 0 Å². The molecule has 0 saturated carbocycles. The zero-order valence-corrected chi connectivity index (χ0v) is 22.2. The quantitative estimate of drug-likeness (QED) is 0.160. The summed E-state index contributed by atoms with van der Waals surface area (Å²) in [7, 11) is 1.51. The van der Waals surface area contributed by atoms with Gasteiger partial charge in [0.1, 0.15) is 17.7 Å². The van der Waals surface area contributed by atoms with Crippen LogP contribution in [0.4, 0.5) is 17.6 Å². The summed E-state index contributed by atoms with van der Waals surface area (Å²) in [5.41, 5.74) is -0.252. The number of pyridine rings is 1. The van der Waals surface area contributed by atoms with Crippen LogP contribution in [0.15, 0.2) is 41.4 Å². The number of methoxy groups -OCH3 is 1. The van der Waals surface area contributed by atoms with E-state index in [0.717, 1.165) is 17.8 Å². The van der Waals surface area contributed by atoms with E-state index in [4.69, 9.17) is 16.3 Å². The van der Waals surface area contributed by atoms with Crippen LogP contribution in [0.25, 0.3) is 10.9 Å². The molecule has 1 aliphatic rings. The Morgan fingerprint density at radius 3 is 2.66 bits per heavy atom. The molecule has 1 saturated heterocycles. The number of ether oxygens (including phenoxy) is 1. The van der Waals surface area contributed by atoms with Gasteiger partial charge in [0.2, 0.25) is 0 Å². The molecule has 1 atom stereocenters. The summed E-state index contributed by atoms with van der Waals surface area (Å²) in [6.07, 6.45) is 0.647. The average Bonchev–Trinajstić information content (AvgIpc) is 2.90. The zero-order valence-electron chi connectivity index (χ0n) is 20.7. The van der Waals surface area contributed by atoms with Crippen LogP contribution in [0.3, 0.4) is 0 Å². The van der Waals surface area contributed by atoms with Gasteiger partial charge in [0, 0.05) is 40.4 Å². The summed E-state index contributed by atoms with van der Waals surface area (Å²) in [6, 6.07) is 6.56. The van der Waals surface area contributed by atoms with Gasteiger partial charge >= 0.3 is 5.97 Å². The Labute approximate surface area is 227 Å². The molecule has 0 amide bonds. The highest BCUT2D eigenvalue weighted by atomic mass is 35.5. The summed E-state index contributed by atoms with van der Waals surface area (Å²) in [6.45, 7) is 1.41. The lowest BCUT2D eigenvalue weighted by Gasteiger charge is -2.39. The molecule has 2 aromatic carbocycles. The number of rotatable bonds is 10. The molecule has 38 heavy (non-hydrogen) atoms. The van der Waals surface area contributed by atoms with Gasteiger partial charge in [-0.05, 0) is 63.0 Å². The molecule has 2 heterocycles. The Kier molecular flexibility index (Phi) is 9.05. The summed E-state index contributed by atoms with van der Waals surface area (Å²) < 4.78 is 61.5. The number of carboxylic acid groups (broad SMARTS) is 1. The Morgan fingerprint density at radius 1 is 1.24 bits per heavy atom. The third kappa shape index (κ3) is 6.18. The predicted octanol–water partition coefficient (Wildman–Crippen LogP) is 7.06. The monoisotopic (exact) mass is 570 g/mol. The van der Waals surface area contributed by atoms with Crippen molar-refractivity contribution in [2.24, 2.45) is 5.41 Å². The molecular weight excluding hydrogens is 544 g/mol. The molecule has 0 radical (unpaired) electrons. The van der Waals surface area contributed by atoms with Crippen LogP contribution in [-0.2, 0) is 4.79 Å². The number of piperidine rings is 1. The molecule has 0 aliphatic carbocycles. The maximum atomic E-state index is 15.6. The van der Waals surface area contributed by atoms with E-state index >= 15 is 4.39 Å². The number of carbonyl (C=O) groups is 1. The first-order valence-corrected chi connectivity index (χ1v) is 13.5. The standard InChI is InChI=1S/C27H27ClF4N2O3S/c1-37-17-2-3-22-18(14-17)24(19(28)15-33-22)20(30)4-5-27(26(35)36)6-8-34(9-7-27)10-11-38-23-13-16(29)12-21(31)25(23)32/h2-3,12-15,20H,4-11H2,1H3,(H,35,36)/t20-/m1/s1. The Hall–Kier alpha value is -2.56. The number of hydrogen-bond acceptors (Lipinski definition) is 5. The van der Waals surface area contributed by atoms with Crippen molar-refractivity contribution < 1.29 is 32.2 Å². The molecule has 1 aromatic heterocycles. The van der Waals surface area contributed by atoms with Gasteiger partial charge in [-0.3, -0.25) is 9.78 Å². The first kappa shape index (κ1) is 28.4. The zero-order chi connectivity index (χ0) is 27.4. The van der Waals surface area contributed by atoms with Gasteiger partial charge in [-0.15, -0.1) is 11.8 Å². The highest BCUT2D eigenvalue weighted by Gasteiger charge is 2.41. The maximum absolute atomic E-state index is 15.6. The van der Waals surface area contributed by atoms with E-state index in [9.17, 15) is 23.1 Å². The average molecular weight is 571 g/mol. The highest BCUT2D eigenvalue weighted by Crippen LogP contribution is 2.42. The lowest BCUT2D eigenvalue weighted by atomic mass is 9.74. The predicted molar refractivity (Wildman–Crippen MR) is 139 cm³/mol. The molecule has 0 bridgehead atoms. The lowest BCUT2D eigenvalue weighted by molar-refractivity contribution is -0.153. The molecule has 0 unspecified atom stereocenters. The second-order valence-electron chi connectivity index (χ2n) is 9.38. The number of aliphatic carboxylic acids is 1. The SMILES string of the molecule is COc1ccc2ncc(Cl)c([C@H](F)CCC3(C(=O)O)CCN(CCSc4cc(F)cc(F)c4F)CC3)c2c1. The van der Waals surface area contributed by atoms with Crippen molar-refractivity contribution in [3.05, 3.63) is 64.6 Å². The second-order valence-corrected chi connectivity index (χ2v) is 10.9. The van der Waals surface area contributed by atoms with Crippen molar-refractivity contribution in [2.75, 3.05) is 32.5 Å². The molecular formula is C27H27ClF4N2O3S. The third-order valence-electron chi connectivity index (χ3n) is 7.15. The van der Waals surface area contributed by atoms with Gasteiger partial charge in [-0.2, -0.15) is 0 Å². The van der Waals surface area contributed by atoms with Crippen molar-refractivity contribution in [1.29, 1.82) is 0 Å². The summed E-state index contributed by atoms with van der Waals surface area (Å²) in [4.78, 5) is 18.4. The number of nitrogens with zero attached hydrogens (tertiary/aromatic N) is 2. The van der Waals surface area contributed by atoms with Crippen LogP contribution >= 0.6 is 23.4 Å². The van der Waals surface area contributed by atoms with Gasteiger partial charge in [0.25, 0.3) is 0 Å². The largest absolute Gasteiger partial charge is 0.497 e. The fourth-order valence-corrected chi connectivity index (χ4v) is 6.12. The van der Waals surface area contributed by atoms with Crippen LogP contribution in [0.5, 0.6) is 5.75 Å². The smallest absolute Gasteiger partial charge is 0.309 e. The van der Waals surface area contributed by atoms with E-state index < -0.39 is 35.0 Å². The number of thioether (sulfide) groups is 1. The van der Waals surface area contributed by atoms with E-state index in [1.807, 2.05) is 4.90 Å². The lowest BCUT2D eigenvalue weighted by Crippen LogP contribution is -2.45. The van der Waals surface area contributed by atoms with Crippen molar-refractivity contribution in [1.82, 2.24) is 9.88 Å². The Bertz CT molecular complexity index is 1320. The normalized spacial score (nSPS) is 16.5. The Balaban J connectivity index is 1.37. The first-order chi connectivity index (χ1) is 18.1. The van der Waals surface area contributed by atoms with Crippen molar-refractivity contribution in [2.45, 2.75) is 36.8 Å². The van der Waals surface area contributed by atoms with E-state index in [0.29, 0.717) is 60.9 Å². The van der Waals surface area contributed by atoms with E-state index in [1.54, 1.807) is 18.2 Å². The third-order valence-corrected chi connectivity index (χ3v) is 8.45. The summed E-state index contributed by atoms with van der Waals surface area (Å²) in [5.74, 6) is -3.22. The molecule has 4 rings (SSSR count). The number of likely N-dealkylation sites (tertiary alicyclic amines) is 1. The van der Waals surface area contributed by atoms with E-state index in [2.05, 4.69) is 4.98 Å². The van der Waals surface area contributed by atoms with Crippen molar-refractivity contribution in [3.8, 4) is 5.75 Å². The maximum Gasteiger partial charge on any atom is 0.309 e. The number of aromatic nitrogens is 1. The van der Waals surface area contributed by atoms with E-state index in [1.165, 1.54) is 13.3 Å². The van der Waals surface area contributed by atoms with E-state index in [-0.39, 0.29) is 28.3 Å². The number of alkyl halides is 1. The fourth-order valence-electron chi connectivity index (χ4n) is 4.86. The van der Waals surface area contributed by atoms with Crippen molar-refractivity contribution >= 4 is 40.2 Å². The minimum absolute atomic E-state index is 0.0252. The fraction of sp³-hybridized carbons (Fsp3) is 0.407. The van der Waals surface area contributed by atoms with Gasteiger partial charge < -0.3 is 14.7 Å². The Morgan fingerprint density at radius 2 is 1.97 bits per heavy atom. The van der Waals surface area contributed by atoms with Crippen LogP contribution in [-0.4, -0.2) is 53.5 Å². The number of halogens is 5. The molecule has 5 nitrogen and oxygen atoms in total. The molecule has 3 aromatic rings. The van der Waals surface area contributed by atoms with Crippen LogP contribution < -0.4 is 4.74 Å². The summed E-state index contributed by atoms with van der Waals surface area (Å²) in [5, 5.41) is 10.7. The molecule has 1 N–H and O–H groups in total. The van der Waals surface area contributed by atoms with Gasteiger partial charge in [-0.25, -0.2) is 17.6 Å². The minimum Gasteiger partial charge on any atom is -0.497 e. The second kappa shape index (κ2) is 12.1. The molecule has 0 spiro atoms. The van der Waals surface area contributed by atoms with Crippen LogP contribution in [0.1, 0.15) is 37.4 Å². The van der Waals surface area contributed by atoms with Crippen LogP contribution in [0.2, 0.25) is 5.02 Å². The molecule has 11 heteroatoms. The molecule has 204 valence electrons. The topological polar surface area (TPSA) is 62.7 Å². The highest BCUT2D eigenvalue weighted by molar-refractivity contribution is 7.99. The number of fused-ring (bicyclic) bond motifs is 1. The summed E-state index contributed by atoms with van der Waals surface area (Å²) >= 11 is 7.32. The molecule has 1 aliphatic heterocycles. The number of hydrogen-bond donors (Lipinski definition) is 1. The van der Waals surface area contributed by atoms with Crippen LogP contribution in [0, 0.1) is 22.9 Å². The minimum atomic E-state index is -1.49.